The lowest BCUT2D eigenvalue weighted by Gasteiger charge is -2.40. The molecule has 1 saturated heterocycles. The molecule has 1 spiro atoms. The van der Waals surface area contributed by atoms with E-state index >= 15 is 4.39 Å². The first-order chi connectivity index (χ1) is 21.2. The van der Waals surface area contributed by atoms with Crippen LogP contribution in [0.4, 0.5) is 10.1 Å². The highest BCUT2D eigenvalue weighted by atomic mass is 35.5. The highest BCUT2D eigenvalue weighted by Gasteiger charge is 2.69. The number of nitrogens with one attached hydrogen (secondary N) is 1. The summed E-state index contributed by atoms with van der Waals surface area (Å²) < 4.78 is 18.5. The summed E-state index contributed by atoms with van der Waals surface area (Å²) >= 11 is 12.8. The summed E-state index contributed by atoms with van der Waals surface area (Å²) in [7, 11) is 0. The number of carbonyl (C=O) groups excluding carboxylic acids is 1. The molecule has 2 saturated carbocycles. The number of amides is 1. The number of carboxylic acid groups (broad SMARTS) is 1. The van der Waals surface area contributed by atoms with Crippen LogP contribution in [0.2, 0.25) is 10.0 Å². The zero-order chi connectivity index (χ0) is 30.1. The van der Waals surface area contributed by atoms with E-state index in [4.69, 9.17) is 28.2 Å². The van der Waals surface area contributed by atoms with Crippen molar-refractivity contribution in [3.05, 3.63) is 93.0 Å². The first kappa shape index (κ1) is 29.0. The van der Waals surface area contributed by atoms with Gasteiger partial charge in [0.25, 0.3) is 0 Å². The molecule has 4 atom stereocenters. The van der Waals surface area contributed by atoms with Gasteiger partial charge in [0.05, 0.1) is 21.5 Å². The van der Waals surface area contributed by atoms with Crippen molar-refractivity contribution >= 4 is 51.8 Å². The second kappa shape index (κ2) is 9.77. The van der Waals surface area contributed by atoms with Crippen LogP contribution in [0.3, 0.4) is 0 Å². The molecular weight excluding hydrogens is 614 g/mol. The molecule has 7 nitrogen and oxygen atoms in total. The maximum atomic E-state index is 16.3. The molecule has 5 aliphatic rings. The maximum Gasteiger partial charge on any atom is 0.314 e. The molecule has 3 aliphatic heterocycles. The predicted molar refractivity (Wildman–Crippen MR) is 171 cm³/mol. The topological polar surface area (TPSA) is 87.5 Å². The van der Waals surface area contributed by atoms with Gasteiger partial charge in [-0.3, -0.25) is 14.5 Å². The van der Waals surface area contributed by atoms with Crippen molar-refractivity contribution in [1.82, 2.24) is 14.5 Å². The molecule has 2 N–H and O–H groups in total. The largest absolute Gasteiger partial charge is 0.481 e. The van der Waals surface area contributed by atoms with Gasteiger partial charge in [0.1, 0.15) is 17.2 Å². The first-order valence-corrected chi connectivity index (χ1v) is 16.1. The van der Waals surface area contributed by atoms with Crippen molar-refractivity contribution in [1.29, 1.82) is 0 Å². The van der Waals surface area contributed by atoms with Crippen molar-refractivity contribution in [3.8, 4) is 0 Å². The molecule has 4 aromatic rings. The van der Waals surface area contributed by atoms with Crippen LogP contribution >= 0.6 is 23.2 Å². The molecule has 45 heavy (non-hydrogen) atoms. The Morgan fingerprint density at radius 3 is 2.62 bits per heavy atom. The number of nitrogens with zero attached hydrogens (tertiary/aromatic N) is 3. The SMILES string of the molecule is C.O=C(O)C1(c2ccc3c(c2)nc2n3CC[C@H]3[C@@H]2[C@H](c2cccc(Cl)c2F)[C@]2(C(=O)Nc4cc(Cl)ccc42)N3CC2CC2)CC1. The highest BCUT2D eigenvalue weighted by Crippen LogP contribution is 2.64. The third-order valence-electron chi connectivity index (χ3n) is 11.0. The molecule has 1 aromatic heterocycles. The minimum atomic E-state index is -1.19. The van der Waals surface area contributed by atoms with Crippen LogP contribution in [0.15, 0.2) is 54.6 Å². The molecule has 2 aliphatic carbocycles. The van der Waals surface area contributed by atoms with Crippen molar-refractivity contribution < 1.29 is 19.1 Å². The van der Waals surface area contributed by atoms with Crippen LogP contribution in [-0.2, 0) is 27.1 Å². The molecule has 4 heterocycles. The highest BCUT2D eigenvalue weighted by molar-refractivity contribution is 6.31. The van der Waals surface area contributed by atoms with Gasteiger partial charge in [-0.2, -0.15) is 0 Å². The van der Waals surface area contributed by atoms with Gasteiger partial charge in [0.15, 0.2) is 0 Å². The first-order valence-electron chi connectivity index (χ1n) is 15.3. The zero-order valence-electron chi connectivity index (χ0n) is 23.7. The number of aryl methyl sites for hydroxylation is 1. The van der Waals surface area contributed by atoms with Crippen LogP contribution in [0.25, 0.3) is 11.0 Å². The predicted octanol–water partition coefficient (Wildman–Crippen LogP) is 7.45. The summed E-state index contributed by atoms with van der Waals surface area (Å²) in [5.74, 6) is -1.20. The van der Waals surface area contributed by atoms with Crippen LogP contribution in [0.5, 0.6) is 0 Å². The monoisotopic (exact) mass is 646 g/mol. The molecule has 0 unspecified atom stereocenters. The number of anilines is 1. The number of rotatable bonds is 5. The van der Waals surface area contributed by atoms with Gasteiger partial charge in [0, 0.05) is 47.2 Å². The van der Waals surface area contributed by atoms with E-state index in [-0.39, 0.29) is 30.3 Å². The standard InChI is InChI=1S/C34H29Cl2FN4O3.CH4/c35-19-7-8-21-23(15-19)39-31(42)34(21)28(20-2-1-3-22(36)29(20)37)27-26(41(34)16-17-4-5-17)10-13-40-25-9-6-18(14-24(25)38-30(27)40)33(11-12-33)32(43)44;/h1-3,6-9,14-15,17,26-28H,4-5,10-13,16H2,(H,39,42)(H,43,44);1H4/t26-,27+,28-,34+;/m0./s1. The summed E-state index contributed by atoms with van der Waals surface area (Å²) in [4.78, 5) is 34.3. The third kappa shape index (κ3) is 3.82. The number of imidazole rings is 1. The fourth-order valence-corrected chi connectivity index (χ4v) is 9.00. The minimum Gasteiger partial charge on any atom is -0.481 e. The number of hydrogen-bond donors (Lipinski definition) is 2. The van der Waals surface area contributed by atoms with E-state index in [9.17, 15) is 14.7 Å². The van der Waals surface area contributed by atoms with E-state index in [1.165, 1.54) is 6.07 Å². The number of hydrogen-bond acceptors (Lipinski definition) is 4. The summed E-state index contributed by atoms with van der Waals surface area (Å²) in [6.07, 6.45) is 4.18. The quantitative estimate of drug-likeness (QED) is 0.235. The Morgan fingerprint density at radius 2 is 1.89 bits per heavy atom. The fraction of sp³-hybridized carbons (Fsp3) is 0.400. The zero-order valence-corrected chi connectivity index (χ0v) is 25.2. The Labute approximate surface area is 270 Å². The van der Waals surface area contributed by atoms with Crippen LogP contribution < -0.4 is 5.32 Å². The smallest absolute Gasteiger partial charge is 0.314 e. The number of likely N-dealkylation sites (tertiary alicyclic amines) is 1. The van der Waals surface area contributed by atoms with Crippen LogP contribution in [0.1, 0.15) is 73.9 Å². The number of carbonyl (C=O) groups is 2. The normalized spacial score (nSPS) is 27.5. The average Bonchev–Trinajstić information content (AvgIpc) is 3.91. The summed E-state index contributed by atoms with van der Waals surface area (Å²) in [6.45, 7) is 1.41. The Hall–Kier alpha value is -3.46. The van der Waals surface area contributed by atoms with Crippen molar-refractivity contribution in [3.63, 3.8) is 0 Å². The van der Waals surface area contributed by atoms with Crippen LogP contribution in [-0.4, -0.2) is 44.0 Å². The second-order valence-corrected chi connectivity index (χ2v) is 14.1. The lowest BCUT2D eigenvalue weighted by atomic mass is 9.70. The van der Waals surface area contributed by atoms with E-state index in [2.05, 4.69) is 14.8 Å². The number of aromatic nitrogens is 2. The summed E-state index contributed by atoms with van der Waals surface area (Å²) in [5.41, 5.74) is 2.22. The minimum absolute atomic E-state index is 0. The van der Waals surface area contributed by atoms with E-state index < -0.39 is 28.7 Å². The van der Waals surface area contributed by atoms with Crippen molar-refractivity contribution in [2.24, 2.45) is 5.92 Å². The Bertz CT molecular complexity index is 1940. The lowest BCUT2D eigenvalue weighted by Crippen LogP contribution is -2.53. The molecular formula is C35H33Cl2FN4O3. The molecule has 9 rings (SSSR count). The molecule has 10 heteroatoms. The van der Waals surface area contributed by atoms with Crippen molar-refractivity contribution in [2.45, 2.75) is 74.9 Å². The Morgan fingerprint density at radius 1 is 1.09 bits per heavy atom. The molecule has 0 radical (unpaired) electrons. The number of halogens is 3. The fourth-order valence-electron chi connectivity index (χ4n) is 8.64. The van der Waals surface area contributed by atoms with Crippen LogP contribution in [0, 0.1) is 11.7 Å². The van der Waals surface area contributed by atoms with E-state index in [1.807, 2.05) is 24.3 Å². The third-order valence-corrected chi connectivity index (χ3v) is 11.5. The van der Waals surface area contributed by atoms with E-state index in [0.717, 1.165) is 53.8 Å². The lowest BCUT2D eigenvalue weighted by molar-refractivity contribution is -0.140. The molecule has 0 bridgehead atoms. The molecule has 3 fully saturated rings. The number of aliphatic carboxylic acids is 1. The Kier molecular flexibility index (Phi) is 6.29. The van der Waals surface area contributed by atoms with Gasteiger partial charge >= 0.3 is 5.97 Å². The summed E-state index contributed by atoms with van der Waals surface area (Å²) in [6, 6.07) is 16.3. The number of benzene rings is 3. The molecule has 3 aromatic carbocycles. The molecule has 1 amide bonds. The van der Waals surface area contributed by atoms with Gasteiger partial charge in [0.2, 0.25) is 5.91 Å². The van der Waals surface area contributed by atoms with Crippen molar-refractivity contribution in [2.75, 3.05) is 11.9 Å². The van der Waals surface area contributed by atoms with Gasteiger partial charge < -0.3 is 15.0 Å². The summed E-state index contributed by atoms with van der Waals surface area (Å²) in [5, 5.41) is 13.6. The van der Waals surface area contributed by atoms with Gasteiger partial charge in [-0.15, -0.1) is 0 Å². The van der Waals surface area contributed by atoms with Gasteiger partial charge in [-0.05, 0) is 79.5 Å². The van der Waals surface area contributed by atoms with Gasteiger partial charge in [-0.1, -0.05) is 54.9 Å². The average molecular weight is 648 g/mol. The number of fused-ring (bicyclic) bond motifs is 7. The molecule has 232 valence electrons. The number of carboxylic acids is 1. The van der Waals surface area contributed by atoms with E-state index in [0.29, 0.717) is 41.6 Å². The Balaban J connectivity index is 0.00000300. The second-order valence-electron chi connectivity index (χ2n) is 13.2. The van der Waals surface area contributed by atoms with E-state index in [1.54, 1.807) is 24.3 Å². The maximum absolute atomic E-state index is 16.3. The van der Waals surface area contributed by atoms with Gasteiger partial charge in [-0.25, -0.2) is 9.37 Å².